The number of hydrogen-bond donors (Lipinski definition) is 2. The van der Waals surface area contributed by atoms with Gasteiger partial charge in [0.15, 0.2) is 12.4 Å². The van der Waals surface area contributed by atoms with Crippen LogP contribution in [0.25, 0.3) is 10.8 Å². The molecule has 0 spiro atoms. The van der Waals surface area contributed by atoms with Gasteiger partial charge in [0.05, 0.1) is 18.8 Å². The maximum absolute atomic E-state index is 12.4. The van der Waals surface area contributed by atoms with E-state index in [-0.39, 0.29) is 30.8 Å². The molecule has 2 N–H and O–H groups in total. The summed E-state index contributed by atoms with van der Waals surface area (Å²) in [5, 5.41) is 14.8. The Kier molecular flexibility index (Phi) is 10.3. The van der Waals surface area contributed by atoms with Crippen molar-refractivity contribution in [3.05, 3.63) is 113 Å². The number of aliphatic hydroxyl groups is 1. The second-order valence-electron chi connectivity index (χ2n) is 11.9. The first kappa shape index (κ1) is 32.3. The van der Waals surface area contributed by atoms with Crippen LogP contribution in [0.2, 0.25) is 0 Å². The van der Waals surface area contributed by atoms with Crippen LogP contribution in [-0.2, 0) is 30.4 Å². The average molecular weight is 611 g/mol. The fraction of sp³-hybridized carbons (Fsp3) is 0.351. The Bertz CT molecular complexity index is 1610. The van der Waals surface area contributed by atoms with Crippen LogP contribution in [-0.4, -0.2) is 47.7 Å². The number of nitrogens with one attached hydrogen (secondary N) is 1. The molecule has 0 radical (unpaired) electrons. The lowest BCUT2D eigenvalue weighted by atomic mass is 9.89. The number of hydrogen-bond acceptors (Lipinski definition) is 7. The van der Waals surface area contributed by atoms with Gasteiger partial charge in [-0.3, -0.25) is 14.5 Å². The number of amides is 1. The number of carbonyl (C=O) groups is 2. The van der Waals surface area contributed by atoms with Crippen molar-refractivity contribution in [1.29, 1.82) is 0 Å². The number of aliphatic hydroxyl groups excluding tert-OH is 1. The quantitative estimate of drug-likeness (QED) is 0.193. The summed E-state index contributed by atoms with van der Waals surface area (Å²) in [7, 11) is 2.12. The topological polar surface area (TPSA) is 97.3 Å². The van der Waals surface area contributed by atoms with Crippen molar-refractivity contribution in [2.75, 3.05) is 18.9 Å². The highest BCUT2D eigenvalue weighted by atomic mass is 16.7. The number of likely N-dealkylation sites (N-methyl/N-ethyl adjacent to an activating group) is 1. The highest BCUT2D eigenvalue weighted by Crippen LogP contribution is 2.42. The van der Waals surface area contributed by atoms with Crippen molar-refractivity contribution in [3.8, 4) is 0 Å². The maximum Gasteiger partial charge on any atom is 0.303 e. The van der Waals surface area contributed by atoms with Crippen LogP contribution >= 0.6 is 0 Å². The molecule has 4 aromatic rings. The van der Waals surface area contributed by atoms with Gasteiger partial charge in [-0.1, -0.05) is 79.7 Å². The van der Waals surface area contributed by atoms with Gasteiger partial charge in [-0.05, 0) is 66.6 Å². The molecule has 1 saturated heterocycles. The number of ether oxygens (including phenoxy) is 3. The van der Waals surface area contributed by atoms with E-state index in [1.54, 1.807) is 12.1 Å². The Morgan fingerprint density at radius 1 is 0.911 bits per heavy atom. The van der Waals surface area contributed by atoms with Crippen LogP contribution in [0.1, 0.15) is 68.4 Å². The van der Waals surface area contributed by atoms with Gasteiger partial charge in [0, 0.05) is 36.7 Å². The number of rotatable bonds is 10. The molecule has 1 aliphatic rings. The lowest BCUT2D eigenvalue weighted by molar-refractivity contribution is -0.276. The monoisotopic (exact) mass is 610 g/mol. The van der Waals surface area contributed by atoms with E-state index < -0.39 is 24.3 Å². The Morgan fingerprint density at radius 2 is 1.58 bits per heavy atom. The molecular weight excluding hydrogens is 568 g/mol. The van der Waals surface area contributed by atoms with Gasteiger partial charge in [-0.2, -0.15) is 0 Å². The van der Waals surface area contributed by atoms with E-state index in [0.717, 1.165) is 16.7 Å². The number of esters is 1. The van der Waals surface area contributed by atoms with E-state index in [1.165, 1.54) is 30.2 Å². The molecule has 0 aliphatic carbocycles. The van der Waals surface area contributed by atoms with Gasteiger partial charge in [0.25, 0.3) is 5.91 Å². The lowest BCUT2D eigenvalue weighted by Crippen LogP contribution is -2.44. The summed E-state index contributed by atoms with van der Waals surface area (Å²) in [4.78, 5) is 26.0. The fourth-order valence-electron chi connectivity index (χ4n) is 5.76. The van der Waals surface area contributed by atoms with Crippen molar-refractivity contribution < 1.29 is 28.9 Å². The molecule has 1 aliphatic heterocycles. The van der Waals surface area contributed by atoms with Crippen LogP contribution in [0.3, 0.4) is 0 Å². The van der Waals surface area contributed by atoms with Crippen molar-refractivity contribution >= 4 is 28.3 Å². The lowest BCUT2D eigenvalue weighted by Gasteiger charge is -2.43. The predicted octanol–water partition coefficient (Wildman–Crippen LogP) is 6.71. The summed E-state index contributed by atoms with van der Waals surface area (Å²) in [6, 6.07) is 30.4. The molecule has 5 rings (SSSR count). The van der Waals surface area contributed by atoms with Gasteiger partial charge in [-0.25, -0.2) is 0 Å². The SMILES string of the molecule is CC(=O)O[C@@H](C)C(=O)Nc1ccc([C@@H]2O[C@H](CN(C)[C@H](C)c3ccc4ccccc4c3)[C@H](C)[C@H](c3ccc(CO)cc3)O2)cc1. The summed E-state index contributed by atoms with van der Waals surface area (Å²) in [6.45, 7) is 7.83. The molecular formula is C37H42N2O6. The van der Waals surface area contributed by atoms with Crippen LogP contribution < -0.4 is 5.32 Å². The summed E-state index contributed by atoms with van der Waals surface area (Å²) < 4.78 is 18.2. The third-order valence-corrected chi connectivity index (χ3v) is 8.67. The second kappa shape index (κ2) is 14.3. The number of anilines is 1. The molecule has 45 heavy (non-hydrogen) atoms. The Labute approximate surface area is 264 Å². The van der Waals surface area contributed by atoms with E-state index in [9.17, 15) is 14.7 Å². The molecule has 236 valence electrons. The van der Waals surface area contributed by atoms with Crippen molar-refractivity contribution in [2.24, 2.45) is 5.92 Å². The zero-order chi connectivity index (χ0) is 32.1. The minimum atomic E-state index is -0.901. The second-order valence-corrected chi connectivity index (χ2v) is 11.9. The molecule has 1 heterocycles. The first-order valence-corrected chi connectivity index (χ1v) is 15.4. The van der Waals surface area contributed by atoms with E-state index in [1.807, 2.05) is 36.4 Å². The van der Waals surface area contributed by atoms with E-state index in [0.29, 0.717) is 12.2 Å². The van der Waals surface area contributed by atoms with Crippen molar-refractivity contribution in [3.63, 3.8) is 0 Å². The third kappa shape index (κ3) is 7.78. The molecule has 4 aromatic carbocycles. The average Bonchev–Trinajstić information content (AvgIpc) is 3.05. The third-order valence-electron chi connectivity index (χ3n) is 8.67. The highest BCUT2D eigenvalue weighted by Gasteiger charge is 2.39. The molecule has 0 saturated carbocycles. The first-order valence-electron chi connectivity index (χ1n) is 15.4. The van der Waals surface area contributed by atoms with Crippen LogP contribution in [0, 0.1) is 5.92 Å². The number of fused-ring (bicyclic) bond motifs is 1. The van der Waals surface area contributed by atoms with Gasteiger partial charge in [0.1, 0.15) is 0 Å². The predicted molar refractivity (Wildman–Crippen MR) is 174 cm³/mol. The van der Waals surface area contributed by atoms with Gasteiger partial charge in [-0.15, -0.1) is 0 Å². The van der Waals surface area contributed by atoms with Gasteiger partial charge in [0.2, 0.25) is 0 Å². The number of carbonyl (C=O) groups excluding carboxylic acids is 2. The number of nitrogens with zero attached hydrogens (tertiary/aromatic N) is 1. The minimum Gasteiger partial charge on any atom is -0.453 e. The highest BCUT2D eigenvalue weighted by molar-refractivity contribution is 5.94. The normalized spacial score (nSPS) is 21.3. The van der Waals surface area contributed by atoms with Gasteiger partial charge < -0.3 is 24.6 Å². The van der Waals surface area contributed by atoms with Crippen LogP contribution in [0.4, 0.5) is 5.69 Å². The van der Waals surface area contributed by atoms with E-state index in [4.69, 9.17) is 14.2 Å². The number of benzene rings is 4. The Morgan fingerprint density at radius 3 is 2.24 bits per heavy atom. The molecule has 0 unspecified atom stereocenters. The summed E-state index contributed by atoms with van der Waals surface area (Å²) >= 11 is 0. The van der Waals surface area contributed by atoms with Gasteiger partial charge >= 0.3 is 5.97 Å². The molecule has 8 nitrogen and oxygen atoms in total. The Hall–Kier alpha value is -4.08. The molecule has 0 bridgehead atoms. The zero-order valence-corrected chi connectivity index (χ0v) is 26.5. The standard InChI is InChI=1S/C37H42N2O6/c1-23-34(21-39(5)24(2)31-15-14-28-8-6-7-9-32(28)20-31)44-37(45-35(23)29-12-10-27(22-40)11-13-29)30-16-18-33(19-17-30)38-36(42)25(3)43-26(4)41/h6-20,23-25,34-35,37,40H,21-22H2,1-5H3,(H,38,42)/t23-,24+,25-,34+,35+,37+/m0/s1. The molecule has 1 amide bonds. The largest absolute Gasteiger partial charge is 0.453 e. The van der Waals surface area contributed by atoms with Crippen molar-refractivity contribution in [1.82, 2.24) is 4.90 Å². The fourth-order valence-corrected chi connectivity index (χ4v) is 5.76. The summed E-state index contributed by atoms with van der Waals surface area (Å²) in [5.41, 5.74) is 4.50. The van der Waals surface area contributed by atoms with Crippen LogP contribution in [0.15, 0.2) is 91.0 Å². The maximum atomic E-state index is 12.4. The molecule has 6 atom stereocenters. The van der Waals surface area contributed by atoms with E-state index in [2.05, 4.69) is 73.6 Å². The smallest absolute Gasteiger partial charge is 0.303 e. The van der Waals surface area contributed by atoms with E-state index >= 15 is 0 Å². The minimum absolute atomic E-state index is 0.0181. The van der Waals surface area contributed by atoms with Crippen LogP contribution in [0.5, 0.6) is 0 Å². The zero-order valence-electron chi connectivity index (χ0n) is 26.5. The van der Waals surface area contributed by atoms with Crippen molar-refractivity contribution in [2.45, 2.75) is 64.9 Å². The molecule has 8 heteroatoms. The summed E-state index contributed by atoms with van der Waals surface area (Å²) in [5.74, 6) is -0.887. The Balaban J connectivity index is 1.35. The first-order chi connectivity index (χ1) is 21.6. The molecule has 0 aromatic heterocycles. The summed E-state index contributed by atoms with van der Waals surface area (Å²) in [6.07, 6.45) is -1.93. The molecule has 1 fully saturated rings.